The molecule has 3 aliphatic rings. The van der Waals surface area contributed by atoms with E-state index in [0.717, 1.165) is 5.56 Å². The lowest BCUT2D eigenvalue weighted by atomic mass is 9.79. The molecule has 0 spiro atoms. The van der Waals surface area contributed by atoms with Gasteiger partial charge >= 0.3 is 0 Å². The molecule has 0 amide bonds. The molecule has 13 heteroatoms. The van der Waals surface area contributed by atoms with Crippen molar-refractivity contribution in [1.82, 2.24) is 0 Å². The van der Waals surface area contributed by atoms with E-state index in [2.05, 4.69) is 0 Å². The Morgan fingerprint density at radius 2 is 0.725 bits per heavy atom. The van der Waals surface area contributed by atoms with Crippen molar-refractivity contribution in [2.24, 2.45) is 0 Å². The van der Waals surface area contributed by atoms with E-state index in [4.69, 9.17) is 14.2 Å². The average Bonchev–Trinajstić information content (AvgIpc) is 4.02. The summed E-state index contributed by atoms with van der Waals surface area (Å²) in [6, 6.07) is 37.6. The second-order valence-electron chi connectivity index (χ2n) is 17.5. The van der Waals surface area contributed by atoms with Gasteiger partial charge < -0.3 is 65.3 Å². The average molecular weight is 923 g/mol. The molecule has 11 rings (SSSR count). The maximum atomic E-state index is 12.8. The Kier molecular flexibility index (Phi) is 10.1. The van der Waals surface area contributed by atoms with Crippen molar-refractivity contribution in [3.8, 4) is 74.7 Å². The highest BCUT2D eigenvalue weighted by Crippen LogP contribution is 2.61. The van der Waals surface area contributed by atoms with E-state index in [0.29, 0.717) is 55.8 Å². The lowest BCUT2D eigenvalue weighted by molar-refractivity contribution is 0.216. The van der Waals surface area contributed by atoms with Crippen LogP contribution >= 0.6 is 0 Å². The summed E-state index contributed by atoms with van der Waals surface area (Å²) in [6.45, 7) is 0. The Labute approximate surface area is 393 Å². The molecular weight excluding hydrogens is 881 g/mol. The summed E-state index contributed by atoms with van der Waals surface area (Å²) in [6.07, 6.45) is 0.902. The van der Waals surface area contributed by atoms with Crippen LogP contribution in [0.25, 0.3) is 12.2 Å². The minimum Gasteiger partial charge on any atom is -0.508 e. The number of benzene rings is 8. The Hall–Kier alpha value is -9.10. The van der Waals surface area contributed by atoms with Crippen LogP contribution in [0.5, 0.6) is 74.7 Å². The fourth-order valence-electron chi connectivity index (χ4n) is 10.2. The van der Waals surface area contributed by atoms with Crippen molar-refractivity contribution in [1.29, 1.82) is 0 Å². The second kappa shape index (κ2) is 16.3. The molecule has 6 atom stereocenters. The topological polar surface area (TPSA) is 230 Å². The first-order chi connectivity index (χ1) is 33.3. The lowest BCUT2D eigenvalue weighted by Crippen LogP contribution is -2.14. The van der Waals surface area contributed by atoms with Gasteiger partial charge in [0.1, 0.15) is 93.1 Å². The normalized spacial score (nSPS) is 19.9. The number of hydrogen-bond donors (Lipinski definition) is 10. The molecule has 0 bridgehead atoms. The molecule has 0 saturated heterocycles. The highest BCUT2D eigenvalue weighted by molar-refractivity contribution is 5.74. The van der Waals surface area contributed by atoms with Gasteiger partial charge in [-0.25, -0.2) is 0 Å². The van der Waals surface area contributed by atoms with Crippen molar-refractivity contribution in [2.45, 2.75) is 36.1 Å². The fraction of sp³-hybridized carbons (Fsp3) is 0.107. The van der Waals surface area contributed by atoms with Crippen molar-refractivity contribution < 1.29 is 65.3 Å². The molecule has 0 aliphatic carbocycles. The molecular formula is C56H42O13. The van der Waals surface area contributed by atoms with E-state index in [-0.39, 0.29) is 74.6 Å². The van der Waals surface area contributed by atoms with Crippen LogP contribution in [-0.4, -0.2) is 51.1 Å². The molecule has 8 aromatic carbocycles. The number of hydrogen-bond acceptors (Lipinski definition) is 13. The van der Waals surface area contributed by atoms with Crippen LogP contribution in [0.4, 0.5) is 0 Å². The molecule has 0 radical (unpaired) electrons. The van der Waals surface area contributed by atoms with Crippen LogP contribution in [0.15, 0.2) is 146 Å². The van der Waals surface area contributed by atoms with Gasteiger partial charge in [-0.3, -0.25) is 0 Å². The second-order valence-corrected chi connectivity index (χ2v) is 17.5. The van der Waals surface area contributed by atoms with Gasteiger partial charge in [-0.2, -0.15) is 0 Å². The van der Waals surface area contributed by atoms with Gasteiger partial charge in [0.15, 0.2) is 0 Å². The van der Waals surface area contributed by atoms with Gasteiger partial charge in [-0.05, 0) is 136 Å². The monoisotopic (exact) mass is 922 g/mol. The minimum absolute atomic E-state index is 0.0213. The Morgan fingerprint density at radius 3 is 1.28 bits per heavy atom. The number of fused-ring (bicyclic) bond motifs is 3. The van der Waals surface area contributed by atoms with Crippen molar-refractivity contribution in [3.63, 3.8) is 0 Å². The van der Waals surface area contributed by atoms with Gasteiger partial charge in [0.25, 0.3) is 0 Å². The Morgan fingerprint density at radius 1 is 0.304 bits per heavy atom. The molecule has 3 heterocycles. The molecule has 10 N–H and O–H groups in total. The van der Waals surface area contributed by atoms with Gasteiger partial charge in [-0.15, -0.1) is 0 Å². The number of rotatable bonds is 8. The smallest absolute Gasteiger partial charge is 0.138 e. The van der Waals surface area contributed by atoms with Crippen LogP contribution in [0.1, 0.15) is 97.3 Å². The predicted molar refractivity (Wildman–Crippen MR) is 253 cm³/mol. The summed E-state index contributed by atoms with van der Waals surface area (Å²) in [5.41, 5.74) is 5.24. The third kappa shape index (κ3) is 7.55. The standard InChI is InChI=1S/C56H42O13/c57-34-9-3-27(4-10-34)1-2-28-17-42(64)50-45(18-28)69-56(48(50)32-21-39(62)26-40(63)22-32)41-15-16-44-52(53(41)66)49(55(67-44)30-7-13-36(59)14-8-30)33-23-43(65)51-46(24-33)68-54(29-5-11-35(58)12-6-29)47(51)31-19-37(60)25-38(61)20-31/h1-26,47-49,54-66H/b2-1+/t47-,48-,49-,54+,55+,56+/m0/s1. The number of ether oxygens (including phenoxy) is 3. The van der Waals surface area contributed by atoms with Crippen LogP contribution in [0.3, 0.4) is 0 Å². The molecule has 13 nitrogen and oxygen atoms in total. The van der Waals surface area contributed by atoms with Gasteiger partial charge in [0.05, 0.1) is 17.8 Å². The molecule has 8 aromatic rings. The highest BCUT2D eigenvalue weighted by atomic mass is 16.5. The maximum absolute atomic E-state index is 12.8. The summed E-state index contributed by atoms with van der Waals surface area (Å²) in [4.78, 5) is 0. The lowest BCUT2D eigenvalue weighted by Gasteiger charge is -2.24. The summed E-state index contributed by atoms with van der Waals surface area (Å²) in [5, 5.41) is 109. The zero-order valence-electron chi connectivity index (χ0n) is 36.2. The van der Waals surface area contributed by atoms with Crippen molar-refractivity contribution in [2.75, 3.05) is 0 Å². The van der Waals surface area contributed by atoms with Crippen molar-refractivity contribution in [3.05, 3.63) is 207 Å². The van der Waals surface area contributed by atoms with Crippen LogP contribution in [-0.2, 0) is 0 Å². The molecule has 0 fully saturated rings. The minimum atomic E-state index is -1.05. The molecule has 0 saturated carbocycles. The van der Waals surface area contributed by atoms with Gasteiger partial charge in [0, 0.05) is 34.4 Å². The van der Waals surface area contributed by atoms with Crippen LogP contribution < -0.4 is 14.2 Å². The third-order valence-corrected chi connectivity index (χ3v) is 13.1. The number of aromatic hydroxyl groups is 10. The Balaban J connectivity index is 1.05. The Bertz CT molecular complexity index is 3310. The van der Waals surface area contributed by atoms with E-state index >= 15 is 0 Å². The first-order valence-corrected chi connectivity index (χ1v) is 22.0. The van der Waals surface area contributed by atoms with E-state index in [9.17, 15) is 51.1 Å². The zero-order valence-corrected chi connectivity index (χ0v) is 36.2. The first kappa shape index (κ1) is 42.5. The van der Waals surface area contributed by atoms with Crippen LogP contribution in [0.2, 0.25) is 0 Å². The number of phenolic OH excluding ortho intramolecular Hbond substituents is 10. The quantitative estimate of drug-likeness (QED) is 0.0640. The van der Waals surface area contributed by atoms with Gasteiger partial charge in [-0.1, -0.05) is 48.6 Å². The molecule has 344 valence electrons. The summed E-state index contributed by atoms with van der Waals surface area (Å²) in [5.74, 6) is -2.85. The largest absolute Gasteiger partial charge is 0.508 e. The summed E-state index contributed by atoms with van der Waals surface area (Å²) in [7, 11) is 0. The predicted octanol–water partition coefficient (Wildman–Crippen LogP) is 10.7. The highest BCUT2D eigenvalue weighted by Gasteiger charge is 2.47. The van der Waals surface area contributed by atoms with Crippen molar-refractivity contribution >= 4 is 12.2 Å². The van der Waals surface area contributed by atoms with E-state index in [1.165, 1.54) is 60.7 Å². The zero-order chi connectivity index (χ0) is 47.8. The molecule has 0 aromatic heterocycles. The van der Waals surface area contributed by atoms with Gasteiger partial charge in [0.2, 0.25) is 0 Å². The number of phenols is 10. The third-order valence-electron chi connectivity index (χ3n) is 13.1. The maximum Gasteiger partial charge on any atom is 0.138 e. The van der Waals surface area contributed by atoms with E-state index in [1.807, 2.05) is 6.08 Å². The summed E-state index contributed by atoms with van der Waals surface area (Å²) >= 11 is 0. The van der Waals surface area contributed by atoms with E-state index < -0.39 is 36.1 Å². The molecule has 69 heavy (non-hydrogen) atoms. The molecule has 3 aliphatic heterocycles. The first-order valence-electron chi connectivity index (χ1n) is 22.0. The van der Waals surface area contributed by atoms with Crippen LogP contribution in [0, 0.1) is 0 Å². The SMILES string of the molecule is Oc1ccc(/C=C/c2cc(O)c3c(c2)O[C@H](c2ccc4c(c2O)[C@H](c2cc(O)c5c(c2)O[C@H](c2ccc(O)cc2)[C@H]5c2cc(O)cc(O)c2)[C@@H](c2ccc(O)cc2)O4)[C@H]3c2cc(O)cc(O)c2)cc1. The molecule has 0 unspecified atom stereocenters. The fourth-order valence-corrected chi connectivity index (χ4v) is 10.2. The summed E-state index contributed by atoms with van der Waals surface area (Å²) < 4.78 is 20.1. The van der Waals surface area contributed by atoms with E-state index in [1.54, 1.807) is 91.0 Å².